The van der Waals surface area contributed by atoms with E-state index in [4.69, 9.17) is 9.72 Å². The lowest BCUT2D eigenvalue weighted by molar-refractivity contribution is -0.116. The van der Waals surface area contributed by atoms with Gasteiger partial charge in [0.15, 0.2) is 5.65 Å². The topological polar surface area (TPSA) is 108 Å². The van der Waals surface area contributed by atoms with Crippen molar-refractivity contribution in [2.45, 2.75) is 6.42 Å². The number of nitrogens with zero attached hydrogens (tertiary/aromatic N) is 6. The van der Waals surface area contributed by atoms with Crippen molar-refractivity contribution in [2.24, 2.45) is 0 Å². The molecule has 5 rings (SSSR count). The van der Waals surface area contributed by atoms with Gasteiger partial charge in [0, 0.05) is 74.2 Å². The Morgan fingerprint density at radius 1 is 1.02 bits per heavy atom. The first-order valence-electron chi connectivity index (χ1n) is 13.6. The quantitative estimate of drug-likeness (QED) is 0.321. The molecule has 41 heavy (non-hydrogen) atoms. The van der Waals surface area contributed by atoms with Crippen molar-refractivity contribution in [2.75, 3.05) is 76.5 Å². The van der Waals surface area contributed by atoms with Gasteiger partial charge in [0.05, 0.1) is 18.5 Å². The summed E-state index contributed by atoms with van der Waals surface area (Å²) in [5.41, 5.74) is 3.21. The second-order valence-corrected chi connectivity index (χ2v) is 10.4. The third kappa shape index (κ3) is 6.64. The lowest BCUT2D eigenvalue weighted by atomic mass is 10.2. The van der Waals surface area contributed by atoms with Gasteiger partial charge in [-0.1, -0.05) is 6.07 Å². The molecule has 11 nitrogen and oxygen atoms in total. The SMILES string of the molecule is COc1cc(N2CCN(C)CC2)ccc1Nc1ncc2ccc(=O)n(-c3cccc(NC(=O)CCN(C)C)c3)c2n1. The Balaban J connectivity index is 1.43. The van der Waals surface area contributed by atoms with Crippen LogP contribution in [0.2, 0.25) is 0 Å². The lowest BCUT2D eigenvalue weighted by Crippen LogP contribution is -2.44. The summed E-state index contributed by atoms with van der Waals surface area (Å²) in [6.45, 7) is 4.59. The number of nitrogens with one attached hydrogen (secondary N) is 2. The Kier molecular flexibility index (Phi) is 8.46. The highest BCUT2D eigenvalue weighted by Gasteiger charge is 2.17. The van der Waals surface area contributed by atoms with Gasteiger partial charge >= 0.3 is 0 Å². The number of hydrogen-bond acceptors (Lipinski definition) is 9. The second kappa shape index (κ2) is 12.4. The molecule has 3 heterocycles. The Hall–Kier alpha value is -4.48. The molecule has 0 saturated carbocycles. The zero-order chi connectivity index (χ0) is 28.9. The predicted molar refractivity (Wildman–Crippen MR) is 163 cm³/mol. The maximum Gasteiger partial charge on any atom is 0.256 e. The van der Waals surface area contributed by atoms with Crippen LogP contribution in [-0.4, -0.2) is 91.2 Å². The van der Waals surface area contributed by atoms with Crippen LogP contribution >= 0.6 is 0 Å². The fourth-order valence-electron chi connectivity index (χ4n) is 4.76. The van der Waals surface area contributed by atoms with Gasteiger partial charge in [-0.05, 0) is 57.5 Å². The van der Waals surface area contributed by atoms with Crippen LogP contribution in [-0.2, 0) is 4.79 Å². The molecular formula is C30H36N8O3. The maximum absolute atomic E-state index is 13.1. The summed E-state index contributed by atoms with van der Waals surface area (Å²) in [5.74, 6) is 0.909. The van der Waals surface area contributed by atoms with Crippen molar-refractivity contribution in [3.63, 3.8) is 0 Å². The fourth-order valence-corrected chi connectivity index (χ4v) is 4.76. The average molecular weight is 557 g/mol. The van der Waals surface area contributed by atoms with E-state index in [0.29, 0.717) is 47.1 Å². The molecule has 1 aliphatic heterocycles. The van der Waals surface area contributed by atoms with E-state index in [-0.39, 0.29) is 11.5 Å². The van der Waals surface area contributed by atoms with E-state index in [1.807, 2.05) is 37.2 Å². The molecule has 214 valence electrons. The Labute approximate surface area is 239 Å². The van der Waals surface area contributed by atoms with E-state index in [2.05, 4.69) is 38.5 Å². The number of rotatable bonds is 9. The van der Waals surface area contributed by atoms with Gasteiger partial charge in [0.2, 0.25) is 11.9 Å². The summed E-state index contributed by atoms with van der Waals surface area (Å²) in [7, 11) is 7.62. The standard InChI is InChI=1S/C30H36N8O3/c1-35(2)13-12-27(39)32-22-6-5-7-24(18-22)38-28(40)11-8-21-20-31-30(34-29(21)38)33-25-10-9-23(19-26(25)41-4)37-16-14-36(3)15-17-37/h5-11,18-20H,12-17H2,1-4H3,(H,32,39)(H,31,33,34). The number of carbonyl (C=O) groups excluding carboxylic acids is 1. The Morgan fingerprint density at radius 3 is 2.59 bits per heavy atom. The van der Waals surface area contributed by atoms with Crippen LogP contribution in [0.25, 0.3) is 16.7 Å². The minimum Gasteiger partial charge on any atom is -0.494 e. The third-order valence-corrected chi connectivity index (χ3v) is 7.11. The maximum atomic E-state index is 13.1. The van der Waals surface area contributed by atoms with Gasteiger partial charge in [0.1, 0.15) is 5.75 Å². The number of ether oxygens (including phenoxy) is 1. The van der Waals surface area contributed by atoms with Gasteiger partial charge in [-0.15, -0.1) is 0 Å². The zero-order valence-corrected chi connectivity index (χ0v) is 23.9. The number of fused-ring (bicyclic) bond motifs is 1. The van der Waals surface area contributed by atoms with Crippen LogP contribution in [0.4, 0.5) is 23.0 Å². The first kappa shape index (κ1) is 28.1. The summed E-state index contributed by atoms with van der Waals surface area (Å²) >= 11 is 0. The van der Waals surface area contributed by atoms with Gasteiger partial charge in [-0.3, -0.25) is 14.2 Å². The summed E-state index contributed by atoms with van der Waals surface area (Å²) in [5, 5.41) is 6.88. The van der Waals surface area contributed by atoms with E-state index in [9.17, 15) is 9.59 Å². The monoisotopic (exact) mass is 556 g/mol. The van der Waals surface area contributed by atoms with Crippen LogP contribution in [0.15, 0.2) is 65.6 Å². The van der Waals surface area contributed by atoms with Gasteiger partial charge < -0.3 is 30.1 Å². The Morgan fingerprint density at radius 2 is 1.83 bits per heavy atom. The summed E-state index contributed by atoms with van der Waals surface area (Å²) in [6.07, 6.45) is 2.05. The number of methoxy groups -OCH3 is 1. The zero-order valence-electron chi connectivity index (χ0n) is 23.9. The van der Waals surface area contributed by atoms with Gasteiger partial charge in [-0.25, -0.2) is 4.98 Å². The van der Waals surface area contributed by atoms with Gasteiger partial charge in [0.25, 0.3) is 5.56 Å². The number of aromatic nitrogens is 3. The molecule has 0 radical (unpaired) electrons. The van der Waals surface area contributed by atoms with Crippen LogP contribution in [0.5, 0.6) is 5.75 Å². The molecule has 0 atom stereocenters. The minimum absolute atomic E-state index is 0.0949. The summed E-state index contributed by atoms with van der Waals surface area (Å²) in [4.78, 5) is 41.3. The molecule has 1 fully saturated rings. The minimum atomic E-state index is -0.243. The smallest absolute Gasteiger partial charge is 0.256 e. The van der Waals surface area contributed by atoms with Crippen LogP contribution in [0.3, 0.4) is 0 Å². The van der Waals surface area contributed by atoms with E-state index in [1.54, 1.807) is 37.6 Å². The lowest BCUT2D eigenvalue weighted by Gasteiger charge is -2.34. The number of pyridine rings is 1. The van der Waals surface area contributed by atoms with Crippen molar-refractivity contribution in [3.8, 4) is 11.4 Å². The molecule has 0 bridgehead atoms. The highest BCUT2D eigenvalue weighted by atomic mass is 16.5. The molecule has 1 amide bonds. The van der Waals surface area contributed by atoms with Crippen LogP contribution in [0, 0.1) is 0 Å². The first-order valence-corrected chi connectivity index (χ1v) is 13.6. The summed E-state index contributed by atoms with van der Waals surface area (Å²) in [6, 6.07) is 16.4. The van der Waals surface area contributed by atoms with E-state index < -0.39 is 0 Å². The molecular weight excluding hydrogens is 520 g/mol. The van der Waals surface area contributed by atoms with Crippen molar-refractivity contribution >= 4 is 40.0 Å². The van der Waals surface area contributed by atoms with Crippen LogP contribution in [0.1, 0.15) is 6.42 Å². The predicted octanol–water partition coefficient (Wildman–Crippen LogP) is 3.17. The average Bonchev–Trinajstić information content (AvgIpc) is 2.97. The molecule has 1 saturated heterocycles. The number of anilines is 4. The third-order valence-electron chi connectivity index (χ3n) is 7.11. The number of benzene rings is 2. The number of carbonyl (C=O) groups is 1. The van der Waals surface area contributed by atoms with E-state index >= 15 is 0 Å². The molecule has 0 unspecified atom stereocenters. The van der Waals surface area contributed by atoms with Crippen molar-refractivity contribution in [3.05, 3.63) is 71.1 Å². The Bertz CT molecular complexity index is 1590. The highest BCUT2D eigenvalue weighted by molar-refractivity contribution is 5.91. The molecule has 11 heteroatoms. The van der Waals surface area contributed by atoms with Crippen molar-refractivity contribution in [1.29, 1.82) is 0 Å². The first-order chi connectivity index (χ1) is 19.8. The molecule has 0 aliphatic carbocycles. The van der Waals surface area contributed by atoms with Crippen molar-refractivity contribution < 1.29 is 9.53 Å². The number of hydrogen-bond donors (Lipinski definition) is 2. The van der Waals surface area contributed by atoms with Gasteiger partial charge in [-0.2, -0.15) is 4.98 Å². The number of piperazine rings is 1. The normalized spacial score (nSPS) is 13.9. The molecule has 2 N–H and O–H groups in total. The molecule has 2 aromatic carbocycles. The molecule has 2 aromatic heterocycles. The largest absolute Gasteiger partial charge is 0.494 e. The second-order valence-electron chi connectivity index (χ2n) is 10.4. The highest BCUT2D eigenvalue weighted by Crippen LogP contribution is 2.32. The number of likely N-dealkylation sites (N-methyl/N-ethyl adjacent to an activating group) is 1. The van der Waals surface area contributed by atoms with Crippen LogP contribution < -0.4 is 25.8 Å². The number of amides is 1. The van der Waals surface area contributed by atoms with E-state index in [1.165, 1.54) is 10.6 Å². The molecule has 4 aromatic rings. The molecule has 0 spiro atoms. The molecule has 1 aliphatic rings. The van der Waals surface area contributed by atoms with E-state index in [0.717, 1.165) is 37.6 Å². The summed E-state index contributed by atoms with van der Waals surface area (Å²) < 4.78 is 7.22. The van der Waals surface area contributed by atoms with Crippen molar-refractivity contribution in [1.82, 2.24) is 24.3 Å². The fraction of sp³-hybridized carbons (Fsp3) is 0.333.